The number of rotatable bonds is 6. The van der Waals surface area contributed by atoms with Gasteiger partial charge in [-0.05, 0) is 24.1 Å². The summed E-state index contributed by atoms with van der Waals surface area (Å²) in [6.45, 7) is 2.76. The van der Waals surface area contributed by atoms with E-state index in [9.17, 15) is 4.79 Å². The predicted molar refractivity (Wildman–Crippen MR) is 69.3 cm³/mol. The maximum absolute atomic E-state index is 10.7. The average molecular weight is 267 g/mol. The molecular weight excluding hydrogens is 252 g/mol. The van der Waals surface area contributed by atoms with Gasteiger partial charge in [0.2, 0.25) is 0 Å². The lowest BCUT2D eigenvalue weighted by atomic mass is 10.1. The summed E-state index contributed by atoms with van der Waals surface area (Å²) < 4.78 is 0. The van der Waals surface area contributed by atoms with Gasteiger partial charge in [-0.25, -0.2) is 0 Å². The van der Waals surface area contributed by atoms with Crippen LogP contribution in [-0.2, 0) is 11.3 Å². The summed E-state index contributed by atoms with van der Waals surface area (Å²) in [5, 5.41) is 18.0. The lowest BCUT2D eigenvalue weighted by molar-refractivity contribution is -0.138. The van der Waals surface area contributed by atoms with Crippen molar-refractivity contribution < 1.29 is 9.90 Å². The van der Waals surface area contributed by atoms with Crippen LogP contribution in [0.2, 0.25) is 5.02 Å². The minimum atomic E-state index is -0.897. The molecule has 0 spiro atoms. The smallest absolute Gasteiger partial charge is 0.317 e. The molecule has 0 saturated carbocycles. The summed E-state index contributed by atoms with van der Waals surface area (Å²) in [6.07, 6.45) is 0.312. The molecule has 96 valence electrons. The number of nitriles is 1. The van der Waals surface area contributed by atoms with Gasteiger partial charge in [0.25, 0.3) is 0 Å². The van der Waals surface area contributed by atoms with Crippen LogP contribution in [0, 0.1) is 18.3 Å². The first-order valence-corrected chi connectivity index (χ1v) is 5.97. The van der Waals surface area contributed by atoms with Gasteiger partial charge in [-0.15, -0.1) is 0 Å². The Morgan fingerprint density at radius 2 is 2.28 bits per heavy atom. The Morgan fingerprint density at radius 3 is 2.83 bits per heavy atom. The number of halogens is 1. The summed E-state index contributed by atoms with van der Waals surface area (Å²) in [5.41, 5.74) is 1.94. The van der Waals surface area contributed by atoms with E-state index in [0.717, 1.165) is 11.1 Å². The van der Waals surface area contributed by atoms with E-state index in [2.05, 4.69) is 0 Å². The zero-order valence-electron chi connectivity index (χ0n) is 10.2. The number of aryl methyl sites for hydroxylation is 1. The number of aliphatic carboxylic acids is 1. The molecule has 0 aromatic heterocycles. The molecule has 1 aromatic carbocycles. The fraction of sp³-hybridized carbons (Fsp3) is 0.385. The van der Waals surface area contributed by atoms with Gasteiger partial charge in [0, 0.05) is 24.5 Å². The Kier molecular flexibility index (Phi) is 5.63. The van der Waals surface area contributed by atoms with E-state index in [4.69, 9.17) is 22.0 Å². The third-order valence-corrected chi connectivity index (χ3v) is 2.95. The lowest BCUT2D eigenvalue weighted by Gasteiger charge is -2.19. The zero-order chi connectivity index (χ0) is 13.5. The van der Waals surface area contributed by atoms with E-state index in [0.29, 0.717) is 24.5 Å². The third-order valence-electron chi connectivity index (χ3n) is 2.54. The number of hydrogen-bond donors (Lipinski definition) is 1. The number of hydrogen-bond acceptors (Lipinski definition) is 3. The topological polar surface area (TPSA) is 64.3 Å². The second-order valence-electron chi connectivity index (χ2n) is 4.10. The van der Waals surface area contributed by atoms with Crippen molar-refractivity contribution in [1.82, 2.24) is 4.90 Å². The number of carboxylic acids is 1. The van der Waals surface area contributed by atoms with Crippen LogP contribution in [0.25, 0.3) is 0 Å². The Labute approximate surface area is 111 Å². The molecule has 0 saturated heterocycles. The number of benzene rings is 1. The molecule has 0 atom stereocenters. The van der Waals surface area contributed by atoms with Crippen molar-refractivity contribution in [2.24, 2.45) is 0 Å². The molecule has 0 aliphatic heterocycles. The molecule has 5 heteroatoms. The summed E-state index contributed by atoms with van der Waals surface area (Å²) >= 11 is 6.02. The first kappa shape index (κ1) is 14.5. The second kappa shape index (κ2) is 7.00. The molecule has 1 rings (SSSR count). The molecule has 4 nitrogen and oxygen atoms in total. The second-order valence-corrected chi connectivity index (χ2v) is 4.50. The van der Waals surface area contributed by atoms with Crippen LogP contribution in [0.5, 0.6) is 0 Å². The fourth-order valence-corrected chi connectivity index (χ4v) is 1.81. The van der Waals surface area contributed by atoms with Gasteiger partial charge in [0.05, 0.1) is 12.6 Å². The van der Waals surface area contributed by atoms with Crippen LogP contribution in [0.3, 0.4) is 0 Å². The SMILES string of the molecule is Cc1ccc(CN(CCC#N)CC(=O)O)cc1Cl. The number of carbonyl (C=O) groups is 1. The van der Waals surface area contributed by atoms with Gasteiger partial charge >= 0.3 is 5.97 Å². The highest BCUT2D eigenvalue weighted by Crippen LogP contribution is 2.17. The quantitative estimate of drug-likeness (QED) is 0.859. The van der Waals surface area contributed by atoms with E-state index in [1.54, 1.807) is 4.90 Å². The van der Waals surface area contributed by atoms with Crippen LogP contribution >= 0.6 is 11.6 Å². The molecule has 1 N–H and O–H groups in total. The largest absolute Gasteiger partial charge is 0.480 e. The molecule has 0 radical (unpaired) electrons. The minimum absolute atomic E-state index is 0.0762. The van der Waals surface area contributed by atoms with Crippen molar-refractivity contribution in [2.75, 3.05) is 13.1 Å². The van der Waals surface area contributed by atoms with Crippen molar-refractivity contribution in [3.63, 3.8) is 0 Å². The zero-order valence-corrected chi connectivity index (χ0v) is 10.9. The van der Waals surface area contributed by atoms with Crippen molar-refractivity contribution in [2.45, 2.75) is 19.9 Å². The fourth-order valence-electron chi connectivity index (χ4n) is 1.61. The molecule has 0 bridgehead atoms. The van der Waals surface area contributed by atoms with Crippen LogP contribution in [0.4, 0.5) is 0 Å². The van der Waals surface area contributed by atoms with E-state index in [-0.39, 0.29) is 6.54 Å². The van der Waals surface area contributed by atoms with Crippen LogP contribution < -0.4 is 0 Å². The standard InChI is InChI=1S/C13H15ClN2O2/c1-10-3-4-11(7-12(10)14)8-16(6-2-5-15)9-13(17)18/h3-4,7H,2,6,8-9H2,1H3,(H,17,18). The normalized spacial score (nSPS) is 10.3. The Morgan fingerprint density at radius 1 is 1.56 bits per heavy atom. The van der Waals surface area contributed by atoms with E-state index in [1.165, 1.54) is 0 Å². The predicted octanol–water partition coefficient (Wildman–Crippen LogP) is 2.45. The molecule has 0 fully saturated rings. The molecule has 0 heterocycles. The molecule has 0 aliphatic rings. The lowest BCUT2D eigenvalue weighted by Crippen LogP contribution is -2.30. The molecule has 0 amide bonds. The van der Waals surface area contributed by atoms with Gasteiger partial charge in [-0.2, -0.15) is 5.26 Å². The summed E-state index contributed by atoms with van der Waals surface area (Å²) in [7, 11) is 0. The Balaban J connectivity index is 2.72. The van der Waals surface area contributed by atoms with E-state index >= 15 is 0 Å². The van der Waals surface area contributed by atoms with Gasteiger partial charge in [0.15, 0.2) is 0 Å². The number of carboxylic acid groups (broad SMARTS) is 1. The van der Waals surface area contributed by atoms with Crippen molar-refractivity contribution >= 4 is 17.6 Å². The summed E-state index contributed by atoms with van der Waals surface area (Å²) in [6, 6.07) is 7.67. The summed E-state index contributed by atoms with van der Waals surface area (Å²) in [4.78, 5) is 12.4. The first-order chi connectivity index (χ1) is 8.52. The monoisotopic (exact) mass is 266 g/mol. The highest BCUT2D eigenvalue weighted by atomic mass is 35.5. The van der Waals surface area contributed by atoms with E-state index < -0.39 is 5.97 Å². The van der Waals surface area contributed by atoms with Crippen molar-refractivity contribution in [3.8, 4) is 6.07 Å². The summed E-state index contributed by atoms with van der Waals surface area (Å²) in [5.74, 6) is -0.897. The van der Waals surface area contributed by atoms with Crippen LogP contribution in [0.15, 0.2) is 18.2 Å². The van der Waals surface area contributed by atoms with E-state index in [1.807, 2.05) is 31.2 Å². The molecule has 1 aromatic rings. The Hall–Kier alpha value is -1.57. The van der Waals surface area contributed by atoms with Gasteiger partial charge in [-0.3, -0.25) is 9.69 Å². The van der Waals surface area contributed by atoms with Gasteiger partial charge in [-0.1, -0.05) is 23.7 Å². The highest BCUT2D eigenvalue weighted by Gasteiger charge is 2.10. The molecule has 0 aliphatic carbocycles. The van der Waals surface area contributed by atoms with Gasteiger partial charge < -0.3 is 5.11 Å². The van der Waals surface area contributed by atoms with Crippen LogP contribution in [0.1, 0.15) is 17.5 Å². The molecule has 18 heavy (non-hydrogen) atoms. The maximum atomic E-state index is 10.7. The molecule has 0 unspecified atom stereocenters. The molecular formula is C13H15ClN2O2. The highest BCUT2D eigenvalue weighted by molar-refractivity contribution is 6.31. The van der Waals surface area contributed by atoms with Crippen molar-refractivity contribution in [3.05, 3.63) is 34.3 Å². The van der Waals surface area contributed by atoms with Crippen LogP contribution in [-0.4, -0.2) is 29.1 Å². The van der Waals surface area contributed by atoms with Gasteiger partial charge in [0.1, 0.15) is 0 Å². The minimum Gasteiger partial charge on any atom is -0.480 e. The Bertz CT molecular complexity index is 469. The number of nitrogens with zero attached hydrogens (tertiary/aromatic N) is 2. The first-order valence-electron chi connectivity index (χ1n) is 5.59. The third kappa shape index (κ3) is 4.74. The average Bonchev–Trinajstić information content (AvgIpc) is 2.30. The maximum Gasteiger partial charge on any atom is 0.317 e. The van der Waals surface area contributed by atoms with Crippen molar-refractivity contribution in [1.29, 1.82) is 5.26 Å².